The highest BCUT2D eigenvalue weighted by Gasteiger charge is 2.29. The molecular formula is C15H25NO3S. The molecule has 1 heterocycles. The lowest BCUT2D eigenvalue weighted by Crippen LogP contribution is -2.43. The number of nitrogens with one attached hydrogen (secondary N) is 1. The van der Waals surface area contributed by atoms with Gasteiger partial charge in [0.05, 0.1) is 6.61 Å². The predicted octanol–water partition coefficient (Wildman–Crippen LogP) is 3.20. The van der Waals surface area contributed by atoms with Crippen molar-refractivity contribution in [3.8, 4) is 0 Å². The van der Waals surface area contributed by atoms with E-state index in [1.807, 2.05) is 39.1 Å². The molecule has 0 saturated heterocycles. The summed E-state index contributed by atoms with van der Waals surface area (Å²) < 4.78 is 5.23. The van der Waals surface area contributed by atoms with E-state index in [1.165, 1.54) is 4.88 Å². The van der Waals surface area contributed by atoms with Crippen LogP contribution in [-0.2, 0) is 11.2 Å². The van der Waals surface area contributed by atoms with E-state index in [4.69, 9.17) is 4.74 Å². The highest BCUT2D eigenvalue weighted by Crippen LogP contribution is 2.28. The second kappa shape index (κ2) is 7.09. The number of aliphatic hydroxyl groups excluding tert-OH is 1. The molecule has 114 valence electrons. The van der Waals surface area contributed by atoms with Crippen molar-refractivity contribution in [1.82, 2.24) is 5.32 Å². The first kappa shape index (κ1) is 17.0. The maximum Gasteiger partial charge on any atom is 0.407 e. The smallest absolute Gasteiger partial charge is 0.407 e. The fraction of sp³-hybridized carbons (Fsp3) is 0.667. The summed E-state index contributed by atoms with van der Waals surface area (Å²) in [4.78, 5) is 12.9. The molecule has 0 aliphatic rings. The minimum atomic E-state index is -0.508. The van der Waals surface area contributed by atoms with Gasteiger partial charge in [0.25, 0.3) is 0 Å². The number of hydrogen-bond acceptors (Lipinski definition) is 4. The van der Waals surface area contributed by atoms with E-state index < -0.39 is 11.7 Å². The van der Waals surface area contributed by atoms with Crippen LogP contribution < -0.4 is 5.32 Å². The van der Waals surface area contributed by atoms with Crippen molar-refractivity contribution in [1.29, 1.82) is 0 Å². The molecule has 1 atom stereocenters. The Balaban J connectivity index is 2.60. The Morgan fingerprint density at radius 3 is 2.60 bits per heavy atom. The van der Waals surface area contributed by atoms with E-state index in [9.17, 15) is 9.90 Å². The summed E-state index contributed by atoms with van der Waals surface area (Å²) in [5, 5.41) is 14.5. The Kier molecular flexibility index (Phi) is 6.02. The molecule has 1 unspecified atom stereocenters. The topological polar surface area (TPSA) is 58.6 Å². The van der Waals surface area contributed by atoms with E-state index in [0.29, 0.717) is 6.54 Å². The summed E-state index contributed by atoms with van der Waals surface area (Å²) in [5.74, 6) is 0. The van der Waals surface area contributed by atoms with Crippen LogP contribution in [0.25, 0.3) is 0 Å². The normalized spacial score (nSPS) is 14.7. The summed E-state index contributed by atoms with van der Waals surface area (Å²) in [6, 6.07) is 4.05. The number of thiophene rings is 1. The third-order valence-corrected chi connectivity index (χ3v) is 4.10. The van der Waals surface area contributed by atoms with Gasteiger partial charge in [0.1, 0.15) is 5.60 Å². The number of amides is 1. The number of aliphatic hydroxyl groups is 1. The Hall–Kier alpha value is -1.07. The first-order valence-electron chi connectivity index (χ1n) is 6.90. The lowest BCUT2D eigenvalue weighted by Gasteiger charge is -2.31. The number of alkyl carbamates (subject to hydrolysis) is 1. The second-order valence-electron chi connectivity index (χ2n) is 6.12. The van der Waals surface area contributed by atoms with E-state index in [0.717, 1.165) is 12.8 Å². The fourth-order valence-electron chi connectivity index (χ4n) is 1.89. The molecule has 0 aliphatic heterocycles. The summed E-state index contributed by atoms with van der Waals surface area (Å²) >= 11 is 1.67. The molecule has 0 fully saturated rings. The molecule has 2 N–H and O–H groups in total. The zero-order chi connectivity index (χ0) is 15.2. The van der Waals surface area contributed by atoms with Gasteiger partial charge in [0.2, 0.25) is 0 Å². The average molecular weight is 299 g/mol. The van der Waals surface area contributed by atoms with Crippen LogP contribution in [-0.4, -0.2) is 30.0 Å². The number of rotatable bonds is 6. The van der Waals surface area contributed by atoms with Gasteiger partial charge in [0.15, 0.2) is 0 Å². The molecule has 0 aromatic carbocycles. The van der Waals surface area contributed by atoms with E-state index >= 15 is 0 Å². The van der Waals surface area contributed by atoms with Crippen molar-refractivity contribution in [2.45, 2.75) is 46.1 Å². The molecule has 1 rings (SSSR count). The van der Waals surface area contributed by atoms with Crippen LogP contribution in [0.4, 0.5) is 4.79 Å². The molecule has 5 heteroatoms. The monoisotopic (exact) mass is 299 g/mol. The zero-order valence-electron chi connectivity index (χ0n) is 12.7. The predicted molar refractivity (Wildman–Crippen MR) is 82.1 cm³/mol. The maximum absolute atomic E-state index is 11.7. The molecule has 4 nitrogen and oxygen atoms in total. The zero-order valence-corrected chi connectivity index (χ0v) is 13.5. The highest BCUT2D eigenvalue weighted by molar-refractivity contribution is 7.09. The van der Waals surface area contributed by atoms with Crippen molar-refractivity contribution in [3.05, 3.63) is 22.4 Å². The molecule has 0 radical (unpaired) electrons. The molecule has 0 aliphatic carbocycles. The quantitative estimate of drug-likeness (QED) is 0.848. The molecule has 0 spiro atoms. The number of hydrogen-bond donors (Lipinski definition) is 2. The van der Waals surface area contributed by atoms with E-state index in [1.54, 1.807) is 11.3 Å². The van der Waals surface area contributed by atoms with Gasteiger partial charge in [-0.1, -0.05) is 13.0 Å². The third-order valence-electron chi connectivity index (χ3n) is 3.22. The molecule has 20 heavy (non-hydrogen) atoms. The van der Waals surface area contributed by atoms with Crippen molar-refractivity contribution < 1.29 is 14.6 Å². The second-order valence-corrected chi connectivity index (χ2v) is 7.16. The molecule has 1 aromatic heterocycles. The molecule has 0 saturated carbocycles. The standard InChI is InChI=1S/C15H25NO3S/c1-5-15(11-17,9-12-7-6-8-20-12)10-16-13(18)19-14(2,3)4/h6-8,17H,5,9-11H2,1-4H3,(H,16,18). The maximum atomic E-state index is 11.7. The molecule has 1 amide bonds. The minimum Gasteiger partial charge on any atom is -0.444 e. The van der Waals surface area contributed by atoms with Gasteiger partial charge >= 0.3 is 6.09 Å². The van der Waals surface area contributed by atoms with Gasteiger partial charge in [-0.05, 0) is 45.1 Å². The molecule has 1 aromatic rings. The van der Waals surface area contributed by atoms with Crippen molar-refractivity contribution >= 4 is 17.4 Å². The number of carbonyl (C=O) groups excluding carboxylic acids is 1. The van der Waals surface area contributed by atoms with Gasteiger partial charge in [-0.3, -0.25) is 0 Å². The van der Waals surface area contributed by atoms with Gasteiger partial charge in [-0.25, -0.2) is 4.79 Å². The summed E-state index contributed by atoms with van der Waals surface area (Å²) in [6.45, 7) is 7.97. The Morgan fingerprint density at radius 2 is 2.15 bits per heavy atom. The number of ether oxygens (including phenoxy) is 1. The molecular weight excluding hydrogens is 274 g/mol. The minimum absolute atomic E-state index is 0.0389. The fourth-order valence-corrected chi connectivity index (χ4v) is 2.77. The van der Waals surface area contributed by atoms with E-state index in [2.05, 4.69) is 11.4 Å². The van der Waals surface area contributed by atoms with Gasteiger partial charge in [-0.15, -0.1) is 11.3 Å². The van der Waals surface area contributed by atoms with Gasteiger partial charge in [-0.2, -0.15) is 0 Å². The largest absolute Gasteiger partial charge is 0.444 e. The van der Waals surface area contributed by atoms with Crippen molar-refractivity contribution in [2.24, 2.45) is 5.41 Å². The first-order valence-corrected chi connectivity index (χ1v) is 7.78. The van der Waals surface area contributed by atoms with Crippen LogP contribution >= 0.6 is 11.3 Å². The van der Waals surface area contributed by atoms with Crippen LogP contribution in [0.3, 0.4) is 0 Å². The lowest BCUT2D eigenvalue weighted by molar-refractivity contribution is 0.0462. The Labute approximate surface area is 125 Å². The van der Waals surface area contributed by atoms with E-state index in [-0.39, 0.29) is 12.0 Å². The van der Waals surface area contributed by atoms with Crippen LogP contribution in [0.15, 0.2) is 17.5 Å². The van der Waals surface area contributed by atoms with Gasteiger partial charge in [0, 0.05) is 16.8 Å². The summed E-state index contributed by atoms with van der Waals surface area (Å²) in [5.41, 5.74) is -0.840. The van der Waals surface area contributed by atoms with Crippen LogP contribution in [0.1, 0.15) is 39.0 Å². The first-order chi connectivity index (χ1) is 9.30. The lowest BCUT2D eigenvalue weighted by atomic mass is 9.82. The van der Waals surface area contributed by atoms with Gasteiger partial charge < -0.3 is 15.2 Å². The van der Waals surface area contributed by atoms with Crippen LogP contribution in [0.2, 0.25) is 0 Å². The van der Waals surface area contributed by atoms with Crippen molar-refractivity contribution in [2.75, 3.05) is 13.2 Å². The Bertz CT molecular complexity index is 405. The van der Waals surface area contributed by atoms with Crippen LogP contribution in [0, 0.1) is 5.41 Å². The SMILES string of the molecule is CCC(CO)(CNC(=O)OC(C)(C)C)Cc1cccs1. The summed E-state index contributed by atoms with van der Waals surface area (Å²) in [6.07, 6.45) is 1.11. The Morgan fingerprint density at radius 1 is 1.45 bits per heavy atom. The third kappa shape index (κ3) is 5.51. The average Bonchev–Trinajstić information content (AvgIpc) is 2.85. The van der Waals surface area contributed by atoms with Crippen molar-refractivity contribution in [3.63, 3.8) is 0 Å². The number of carbonyl (C=O) groups is 1. The van der Waals surface area contributed by atoms with Crippen LogP contribution in [0.5, 0.6) is 0 Å². The molecule has 0 bridgehead atoms. The highest BCUT2D eigenvalue weighted by atomic mass is 32.1. The summed E-state index contributed by atoms with van der Waals surface area (Å²) in [7, 11) is 0.